The summed E-state index contributed by atoms with van der Waals surface area (Å²) in [5, 5.41) is 0. The van der Waals surface area contributed by atoms with E-state index >= 15 is 0 Å². The highest BCUT2D eigenvalue weighted by atomic mass is 19.1. The van der Waals surface area contributed by atoms with Gasteiger partial charge in [-0.3, -0.25) is 4.79 Å². The van der Waals surface area contributed by atoms with Crippen LogP contribution in [0.15, 0.2) is 0 Å². The van der Waals surface area contributed by atoms with Crippen LogP contribution in [0.25, 0.3) is 0 Å². The molecule has 68 valence electrons. The normalized spacial score (nSPS) is 46.7. The Morgan fingerprint density at radius 1 is 1.67 bits per heavy atom. The largest absolute Gasteiger partial charge is 0.373 e. The fraction of sp³-hybridized carbons (Fsp3) is 0.875. The van der Waals surface area contributed by atoms with E-state index in [4.69, 9.17) is 9.47 Å². The van der Waals surface area contributed by atoms with Gasteiger partial charge in [-0.15, -0.1) is 0 Å². The summed E-state index contributed by atoms with van der Waals surface area (Å²) in [5.41, 5.74) is -0.367. The standard InChI is InChI=1S/C8H11FO3/c1-11-6-3-8(4-12-8)2-5(9)7(6)10/h5-6H,2-4H2,1H3. The first-order valence-corrected chi connectivity index (χ1v) is 4.01. The molecule has 1 aliphatic carbocycles. The zero-order valence-corrected chi connectivity index (χ0v) is 6.88. The van der Waals surface area contributed by atoms with Gasteiger partial charge in [0.2, 0.25) is 0 Å². The van der Waals surface area contributed by atoms with Gasteiger partial charge in [0.25, 0.3) is 0 Å². The highest BCUT2D eigenvalue weighted by Gasteiger charge is 2.54. The predicted octanol–water partition coefficient (Wildman–Crippen LogP) is 0.471. The first kappa shape index (κ1) is 8.13. The second kappa shape index (κ2) is 2.50. The van der Waals surface area contributed by atoms with Crippen molar-refractivity contribution in [2.75, 3.05) is 13.7 Å². The van der Waals surface area contributed by atoms with Crippen molar-refractivity contribution in [3.8, 4) is 0 Å². The number of hydrogen-bond donors (Lipinski definition) is 0. The Morgan fingerprint density at radius 2 is 2.33 bits per heavy atom. The van der Waals surface area contributed by atoms with E-state index in [0.717, 1.165) is 0 Å². The van der Waals surface area contributed by atoms with Crippen LogP contribution >= 0.6 is 0 Å². The van der Waals surface area contributed by atoms with Gasteiger partial charge in [-0.25, -0.2) is 4.39 Å². The van der Waals surface area contributed by atoms with Crippen molar-refractivity contribution in [3.63, 3.8) is 0 Å². The molecule has 0 radical (unpaired) electrons. The number of Topliss-reactive ketones (excluding diaryl/α,β-unsaturated/α-hetero) is 1. The number of carbonyl (C=O) groups is 1. The van der Waals surface area contributed by atoms with E-state index in [1.807, 2.05) is 0 Å². The zero-order valence-electron chi connectivity index (χ0n) is 6.88. The molecule has 0 aromatic rings. The minimum Gasteiger partial charge on any atom is -0.373 e. The predicted molar refractivity (Wildman–Crippen MR) is 38.6 cm³/mol. The van der Waals surface area contributed by atoms with Gasteiger partial charge < -0.3 is 9.47 Å². The third-order valence-electron chi connectivity index (χ3n) is 2.57. The Balaban J connectivity index is 2.09. The Kier molecular flexibility index (Phi) is 1.70. The van der Waals surface area contributed by atoms with Crippen molar-refractivity contribution in [2.45, 2.75) is 30.7 Å². The number of hydrogen-bond acceptors (Lipinski definition) is 3. The Bertz CT molecular complexity index is 212. The second-order valence-electron chi connectivity index (χ2n) is 3.47. The number of rotatable bonds is 1. The number of alkyl halides is 1. The number of methoxy groups -OCH3 is 1. The molecule has 0 N–H and O–H groups in total. The first-order valence-electron chi connectivity index (χ1n) is 4.01. The molecular weight excluding hydrogens is 163 g/mol. The summed E-state index contributed by atoms with van der Waals surface area (Å²) in [6.07, 6.45) is -1.27. The number of ether oxygens (including phenoxy) is 2. The molecule has 1 saturated carbocycles. The Morgan fingerprint density at radius 3 is 2.83 bits per heavy atom. The molecule has 3 atom stereocenters. The number of epoxide rings is 1. The second-order valence-corrected chi connectivity index (χ2v) is 3.47. The minimum atomic E-state index is -1.40. The summed E-state index contributed by atoms with van der Waals surface area (Å²) in [6, 6.07) is 0. The van der Waals surface area contributed by atoms with E-state index in [-0.39, 0.29) is 12.0 Å². The van der Waals surface area contributed by atoms with E-state index < -0.39 is 18.1 Å². The molecule has 2 aliphatic rings. The molecule has 0 amide bonds. The van der Waals surface area contributed by atoms with Crippen LogP contribution in [0.4, 0.5) is 4.39 Å². The van der Waals surface area contributed by atoms with Crippen molar-refractivity contribution in [1.82, 2.24) is 0 Å². The molecule has 1 heterocycles. The van der Waals surface area contributed by atoms with Gasteiger partial charge in [0.05, 0.1) is 12.2 Å². The summed E-state index contributed by atoms with van der Waals surface area (Å²) >= 11 is 0. The van der Waals surface area contributed by atoms with Gasteiger partial charge in [-0.1, -0.05) is 0 Å². The van der Waals surface area contributed by atoms with Crippen molar-refractivity contribution in [3.05, 3.63) is 0 Å². The minimum absolute atomic E-state index is 0.214. The summed E-state index contributed by atoms with van der Waals surface area (Å²) in [4.78, 5) is 11.1. The van der Waals surface area contributed by atoms with Crippen molar-refractivity contribution < 1.29 is 18.7 Å². The van der Waals surface area contributed by atoms with Crippen LogP contribution in [0.5, 0.6) is 0 Å². The number of halogens is 1. The van der Waals surface area contributed by atoms with E-state index in [9.17, 15) is 9.18 Å². The Hall–Kier alpha value is -0.480. The topological polar surface area (TPSA) is 38.8 Å². The van der Waals surface area contributed by atoms with Gasteiger partial charge in [-0.05, 0) is 0 Å². The van der Waals surface area contributed by atoms with E-state index in [1.165, 1.54) is 7.11 Å². The quantitative estimate of drug-likeness (QED) is 0.542. The van der Waals surface area contributed by atoms with Crippen molar-refractivity contribution >= 4 is 5.78 Å². The van der Waals surface area contributed by atoms with E-state index in [2.05, 4.69) is 0 Å². The smallest absolute Gasteiger partial charge is 0.195 e. The molecule has 2 rings (SSSR count). The van der Waals surface area contributed by atoms with Crippen LogP contribution < -0.4 is 0 Å². The third kappa shape index (κ3) is 1.15. The lowest BCUT2D eigenvalue weighted by Crippen LogP contribution is -2.43. The highest BCUT2D eigenvalue weighted by Crippen LogP contribution is 2.42. The monoisotopic (exact) mass is 174 g/mol. The van der Waals surface area contributed by atoms with Crippen LogP contribution in [-0.2, 0) is 14.3 Å². The van der Waals surface area contributed by atoms with Crippen molar-refractivity contribution in [2.24, 2.45) is 0 Å². The first-order chi connectivity index (χ1) is 5.67. The van der Waals surface area contributed by atoms with Crippen LogP contribution in [0.1, 0.15) is 12.8 Å². The van der Waals surface area contributed by atoms with Crippen LogP contribution in [0, 0.1) is 0 Å². The Labute approximate surface area is 69.8 Å². The fourth-order valence-electron chi connectivity index (χ4n) is 1.69. The van der Waals surface area contributed by atoms with Gasteiger partial charge in [-0.2, -0.15) is 0 Å². The average Bonchev–Trinajstić information content (AvgIpc) is 2.78. The average molecular weight is 174 g/mol. The lowest BCUT2D eigenvalue weighted by atomic mass is 9.85. The fourth-order valence-corrected chi connectivity index (χ4v) is 1.69. The molecule has 3 nitrogen and oxygen atoms in total. The highest BCUT2D eigenvalue weighted by molar-refractivity contribution is 5.88. The molecule has 4 heteroatoms. The summed E-state index contributed by atoms with van der Waals surface area (Å²) < 4.78 is 23.0. The molecule has 1 aliphatic heterocycles. The molecule has 0 aromatic heterocycles. The summed E-state index contributed by atoms with van der Waals surface area (Å²) in [6.45, 7) is 0.570. The molecule has 0 aromatic carbocycles. The van der Waals surface area contributed by atoms with E-state index in [0.29, 0.717) is 13.0 Å². The van der Waals surface area contributed by atoms with E-state index in [1.54, 1.807) is 0 Å². The van der Waals surface area contributed by atoms with Crippen LogP contribution in [-0.4, -0.2) is 37.4 Å². The van der Waals surface area contributed by atoms with Gasteiger partial charge in [0.15, 0.2) is 12.0 Å². The number of ketones is 1. The maximum atomic E-state index is 13.0. The summed E-state index contributed by atoms with van der Waals surface area (Å²) in [7, 11) is 1.43. The lowest BCUT2D eigenvalue weighted by Gasteiger charge is -2.26. The zero-order chi connectivity index (χ0) is 8.77. The molecule has 3 unspecified atom stereocenters. The molecule has 0 bridgehead atoms. The molecular formula is C8H11FO3. The third-order valence-corrected chi connectivity index (χ3v) is 2.57. The maximum absolute atomic E-state index is 13.0. The molecule has 2 fully saturated rings. The molecule has 1 spiro atoms. The SMILES string of the molecule is COC1CC2(CO2)CC(F)C1=O. The summed E-state index contributed by atoms with van der Waals surface area (Å²) in [5.74, 6) is -0.432. The van der Waals surface area contributed by atoms with Crippen LogP contribution in [0.3, 0.4) is 0 Å². The molecule has 1 saturated heterocycles. The van der Waals surface area contributed by atoms with Gasteiger partial charge >= 0.3 is 0 Å². The van der Waals surface area contributed by atoms with Gasteiger partial charge in [0, 0.05) is 20.0 Å². The van der Waals surface area contributed by atoms with Crippen molar-refractivity contribution in [1.29, 1.82) is 0 Å². The number of carbonyl (C=O) groups excluding carboxylic acids is 1. The lowest BCUT2D eigenvalue weighted by molar-refractivity contribution is -0.139. The maximum Gasteiger partial charge on any atom is 0.195 e. The van der Waals surface area contributed by atoms with Crippen LogP contribution in [0.2, 0.25) is 0 Å². The molecule has 12 heavy (non-hydrogen) atoms. The van der Waals surface area contributed by atoms with Gasteiger partial charge in [0.1, 0.15) is 6.10 Å².